The van der Waals surface area contributed by atoms with Crippen LogP contribution in [0, 0.1) is 11.8 Å². The molecule has 120 valence electrons. The van der Waals surface area contributed by atoms with Crippen LogP contribution < -0.4 is 0 Å². The van der Waals surface area contributed by atoms with Crippen molar-refractivity contribution in [1.82, 2.24) is 9.78 Å². The van der Waals surface area contributed by atoms with Gasteiger partial charge in [0.05, 0.1) is 37.9 Å². The van der Waals surface area contributed by atoms with Gasteiger partial charge < -0.3 is 9.47 Å². The minimum atomic E-state index is -0.556. The van der Waals surface area contributed by atoms with Crippen LogP contribution in [0.25, 0.3) is 5.69 Å². The summed E-state index contributed by atoms with van der Waals surface area (Å²) in [5.41, 5.74) is 2.82. The molecule has 1 heterocycles. The first-order chi connectivity index (χ1) is 11.2. The number of carbonyl (C=O) groups excluding carboxylic acids is 2. The maximum Gasteiger partial charge on any atom is 0.309 e. The smallest absolute Gasteiger partial charge is 0.309 e. The summed E-state index contributed by atoms with van der Waals surface area (Å²) in [4.78, 5) is 24.1. The maximum atomic E-state index is 12.1. The highest BCUT2D eigenvalue weighted by Gasteiger charge is 2.41. The van der Waals surface area contributed by atoms with E-state index >= 15 is 0 Å². The lowest BCUT2D eigenvalue weighted by Crippen LogP contribution is -2.38. The molecule has 0 spiro atoms. The van der Waals surface area contributed by atoms with Crippen LogP contribution in [0.15, 0.2) is 36.5 Å². The molecular formula is C17H18N2O4. The number of rotatable bonds is 3. The third kappa shape index (κ3) is 2.72. The number of benzene rings is 1. The Morgan fingerprint density at radius 1 is 1.04 bits per heavy atom. The Hall–Kier alpha value is -2.63. The van der Waals surface area contributed by atoms with Crippen LogP contribution in [0.2, 0.25) is 0 Å². The normalized spacial score (nSPS) is 19.7. The molecule has 0 aliphatic heterocycles. The molecule has 3 rings (SSSR count). The number of nitrogens with zero attached hydrogens (tertiary/aromatic N) is 2. The summed E-state index contributed by atoms with van der Waals surface area (Å²) in [6.07, 6.45) is 2.58. The van der Waals surface area contributed by atoms with Crippen LogP contribution in [-0.4, -0.2) is 35.9 Å². The standard InChI is InChI=1S/C17H18N2O4/c1-22-16(20)13-8-11-10-18-19(12-6-4-3-5-7-12)15(11)9-14(13)17(21)23-2/h3-7,10,13-14H,8-9H2,1-2H3/t13-,14-/m0/s1. The van der Waals surface area contributed by atoms with Gasteiger partial charge in [-0.2, -0.15) is 5.10 Å². The molecule has 0 N–H and O–H groups in total. The Kier molecular flexibility index (Phi) is 4.14. The lowest BCUT2D eigenvalue weighted by molar-refractivity contribution is -0.158. The van der Waals surface area contributed by atoms with Crippen LogP contribution >= 0.6 is 0 Å². The Morgan fingerprint density at radius 3 is 2.26 bits per heavy atom. The zero-order chi connectivity index (χ0) is 16.4. The number of carbonyl (C=O) groups is 2. The second kappa shape index (κ2) is 6.24. The number of fused-ring (bicyclic) bond motifs is 1. The highest BCUT2D eigenvalue weighted by molar-refractivity contribution is 5.83. The summed E-state index contributed by atoms with van der Waals surface area (Å²) in [6.45, 7) is 0. The number of aromatic nitrogens is 2. The molecule has 0 unspecified atom stereocenters. The third-order valence-electron chi connectivity index (χ3n) is 4.30. The van der Waals surface area contributed by atoms with Gasteiger partial charge in [-0.3, -0.25) is 9.59 Å². The van der Waals surface area contributed by atoms with E-state index in [-0.39, 0.29) is 0 Å². The van der Waals surface area contributed by atoms with E-state index in [0.717, 1.165) is 16.9 Å². The predicted octanol–water partition coefficient (Wildman–Crippen LogP) is 1.55. The molecule has 0 bridgehead atoms. The highest BCUT2D eigenvalue weighted by Crippen LogP contribution is 2.33. The number of hydrogen-bond acceptors (Lipinski definition) is 5. The van der Waals surface area contributed by atoms with E-state index < -0.39 is 23.8 Å². The van der Waals surface area contributed by atoms with Gasteiger partial charge in [-0.1, -0.05) is 18.2 Å². The van der Waals surface area contributed by atoms with E-state index in [2.05, 4.69) is 5.10 Å². The average molecular weight is 314 g/mol. The second-order valence-corrected chi connectivity index (χ2v) is 5.53. The van der Waals surface area contributed by atoms with Crippen molar-refractivity contribution in [2.45, 2.75) is 12.8 Å². The maximum absolute atomic E-state index is 12.1. The Balaban J connectivity index is 2.00. The molecular weight excluding hydrogens is 296 g/mol. The van der Waals surface area contributed by atoms with Gasteiger partial charge >= 0.3 is 11.9 Å². The summed E-state index contributed by atoms with van der Waals surface area (Å²) in [6, 6.07) is 9.70. The molecule has 2 atom stereocenters. The Labute approximate surface area is 134 Å². The average Bonchev–Trinajstić information content (AvgIpc) is 3.02. The summed E-state index contributed by atoms with van der Waals surface area (Å²) in [5, 5.41) is 4.42. The fraction of sp³-hybridized carbons (Fsp3) is 0.353. The first-order valence-corrected chi connectivity index (χ1v) is 7.42. The zero-order valence-electron chi connectivity index (χ0n) is 13.1. The van der Waals surface area contributed by atoms with Crippen molar-refractivity contribution in [3.63, 3.8) is 0 Å². The van der Waals surface area contributed by atoms with Crippen molar-refractivity contribution in [2.75, 3.05) is 14.2 Å². The van der Waals surface area contributed by atoms with E-state index in [9.17, 15) is 9.59 Å². The first kappa shape index (κ1) is 15.3. The monoisotopic (exact) mass is 314 g/mol. The van der Waals surface area contributed by atoms with Crippen molar-refractivity contribution in [3.05, 3.63) is 47.8 Å². The number of ether oxygens (including phenoxy) is 2. The van der Waals surface area contributed by atoms with Gasteiger partial charge in [-0.05, 0) is 24.1 Å². The molecule has 1 aliphatic carbocycles. The number of esters is 2. The fourth-order valence-corrected chi connectivity index (χ4v) is 3.12. The summed E-state index contributed by atoms with van der Waals surface area (Å²) in [7, 11) is 2.67. The third-order valence-corrected chi connectivity index (χ3v) is 4.30. The van der Waals surface area contributed by atoms with E-state index in [0.29, 0.717) is 12.8 Å². The molecule has 1 aromatic carbocycles. The number of methoxy groups -OCH3 is 2. The van der Waals surface area contributed by atoms with Crippen molar-refractivity contribution in [3.8, 4) is 5.69 Å². The SMILES string of the molecule is COC(=O)[C@H]1Cc2cnn(-c3ccccc3)c2C[C@@H]1C(=O)OC. The number of hydrogen-bond donors (Lipinski definition) is 0. The van der Waals surface area contributed by atoms with Crippen molar-refractivity contribution < 1.29 is 19.1 Å². The lowest BCUT2D eigenvalue weighted by atomic mass is 9.78. The van der Waals surface area contributed by atoms with Crippen LogP contribution in [0.5, 0.6) is 0 Å². The molecule has 0 saturated heterocycles. The van der Waals surface area contributed by atoms with E-state index in [1.165, 1.54) is 14.2 Å². The molecule has 0 fully saturated rings. The predicted molar refractivity (Wildman–Crippen MR) is 82.0 cm³/mol. The summed E-state index contributed by atoms with van der Waals surface area (Å²) < 4.78 is 11.5. The zero-order valence-corrected chi connectivity index (χ0v) is 13.1. The molecule has 6 nitrogen and oxygen atoms in total. The van der Waals surface area contributed by atoms with Crippen molar-refractivity contribution >= 4 is 11.9 Å². The van der Waals surface area contributed by atoms with E-state index in [4.69, 9.17) is 9.47 Å². The second-order valence-electron chi connectivity index (χ2n) is 5.53. The molecule has 0 radical (unpaired) electrons. The van der Waals surface area contributed by atoms with Crippen LogP contribution in [-0.2, 0) is 31.9 Å². The molecule has 1 aliphatic rings. The minimum Gasteiger partial charge on any atom is -0.469 e. The first-order valence-electron chi connectivity index (χ1n) is 7.42. The van der Waals surface area contributed by atoms with Gasteiger partial charge in [0.1, 0.15) is 0 Å². The van der Waals surface area contributed by atoms with Crippen molar-refractivity contribution in [2.24, 2.45) is 11.8 Å². The molecule has 1 aromatic heterocycles. The highest BCUT2D eigenvalue weighted by atomic mass is 16.5. The molecule has 6 heteroatoms. The molecule has 0 saturated carbocycles. The van der Waals surface area contributed by atoms with Crippen LogP contribution in [0.4, 0.5) is 0 Å². The van der Waals surface area contributed by atoms with Gasteiger partial charge in [0, 0.05) is 12.1 Å². The molecule has 2 aromatic rings. The Morgan fingerprint density at radius 2 is 1.65 bits per heavy atom. The minimum absolute atomic E-state index is 0.390. The van der Waals surface area contributed by atoms with Crippen LogP contribution in [0.1, 0.15) is 11.3 Å². The van der Waals surface area contributed by atoms with Gasteiger partial charge in [-0.15, -0.1) is 0 Å². The number of para-hydroxylation sites is 1. The summed E-state index contributed by atoms with van der Waals surface area (Å²) >= 11 is 0. The van der Waals surface area contributed by atoms with Gasteiger partial charge in [0.2, 0.25) is 0 Å². The quantitative estimate of drug-likeness (QED) is 0.804. The van der Waals surface area contributed by atoms with E-state index in [1.54, 1.807) is 6.20 Å². The van der Waals surface area contributed by atoms with Gasteiger partial charge in [0.25, 0.3) is 0 Å². The van der Waals surface area contributed by atoms with Gasteiger partial charge in [-0.25, -0.2) is 4.68 Å². The molecule has 23 heavy (non-hydrogen) atoms. The van der Waals surface area contributed by atoms with Crippen LogP contribution in [0.3, 0.4) is 0 Å². The summed E-state index contributed by atoms with van der Waals surface area (Å²) in [5.74, 6) is -1.88. The van der Waals surface area contributed by atoms with Gasteiger partial charge in [0.15, 0.2) is 0 Å². The largest absolute Gasteiger partial charge is 0.469 e. The lowest BCUT2D eigenvalue weighted by Gasteiger charge is -2.28. The fourth-order valence-electron chi connectivity index (χ4n) is 3.12. The van der Waals surface area contributed by atoms with Crippen molar-refractivity contribution in [1.29, 1.82) is 0 Å². The van der Waals surface area contributed by atoms with E-state index in [1.807, 2.05) is 35.0 Å². The topological polar surface area (TPSA) is 70.4 Å². The molecule has 0 amide bonds. The Bertz CT molecular complexity index is 723.